The molecule has 116 valence electrons. The SMILES string of the molecule is CCN(CC)S(=O)(=O)NCc1cc(C#CCN)ccc1F. The molecule has 0 aromatic heterocycles. The topological polar surface area (TPSA) is 75.4 Å². The first-order valence-corrected chi connectivity index (χ1v) is 8.10. The average molecular weight is 313 g/mol. The molecule has 0 amide bonds. The van der Waals surface area contributed by atoms with Gasteiger partial charge in [0.2, 0.25) is 0 Å². The Labute approximate surface area is 125 Å². The average Bonchev–Trinajstić information content (AvgIpc) is 2.46. The van der Waals surface area contributed by atoms with Crippen molar-refractivity contribution in [2.75, 3.05) is 19.6 Å². The van der Waals surface area contributed by atoms with Crippen LogP contribution in [0.3, 0.4) is 0 Å². The fourth-order valence-electron chi connectivity index (χ4n) is 1.76. The van der Waals surface area contributed by atoms with Crippen LogP contribution >= 0.6 is 0 Å². The quantitative estimate of drug-likeness (QED) is 0.763. The lowest BCUT2D eigenvalue weighted by Gasteiger charge is -2.18. The highest BCUT2D eigenvalue weighted by molar-refractivity contribution is 7.87. The van der Waals surface area contributed by atoms with Crippen LogP contribution in [0.5, 0.6) is 0 Å². The van der Waals surface area contributed by atoms with E-state index in [0.29, 0.717) is 18.7 Å². The molecule has 1 aromatic carbocycles. The third-order valence-electron chi connectivity index (χ3n) is 2.87. The van der Waals surface area contributed by atoms with E-state index >= 15 is 0 Å². The summed E-state index contributed by atoms with van der Waals surface area (Å²) in [6.07, 6.45) is 0. The molecular formula is C14H20FN3O2S. The summed E-state index contributed by atoms with van der Waals surface area (Å²) in [6.45, 7) is 4.29. The standard InChI is InChI=1S/C14H20FN3O2S/c1-3-18(4-2)21(19,20)17-11-13-10-12(6-5-9-16)7-8-14(13)15/h7-8,10,17H,3-4,9,11,16H2,1-2H3. The van der Waals surface area contributed by atoms with Crippen LogP contribution in [0, 0.1) is 17.7 Å². The summed E-state index contributed by atoms with van der Waals surface area (Å²) >= 11 is 0. The van der Waals surface area contributed by atoms with Gasteiger partial charge in [-0.25, -0.2) is 4.39 Å². The van der Waals surface area contributed by atoms with Gasteiger partial charge >= 0.3 is 0 Å². The summed E-state index contributed by atoms with van der Waals surface area (Å²) in [5.41, 5.74) is 6.12. The number of nitrogens with one attached hydrogen (secondary N) is 1. The second-order valence-corrected chi connectivity index (χ2v) is 5.98. The van der Waals surface area contributed by atoms with Gasteiger partial charge < -0.3 is 5.73 Å². The van der Waals surface area contributed by atoms with E-state index in [1.807, 2.05) is 0 Å². The molecule has 0 aliphatic heterocycles. The van der Waals surface area contributed by atoms with E-state index in [9.17, 15) is 12.8 Å². The van der Waals surface area contributed by atoms with E-state index in [1.165, 1.54) is 22.5 Å². The number of nitrogens with two attached hydrogens (primary N) is 1. The lowest BCUT2D eigenvalue weighted by Crippen LogP contribution is -2.40. The van der Waals surface area contributed by atoms with E-state index in [-0.39, 0.29) is 18.7 Å². The molecule has 0 fully saturated rings. The molecule has 3 N–H and O–H groups in total. The largest absolute Gasteiger partial charge is 0.320 e. The molecule has 1 rings (SSSR count). The molecule has 0 atom stereocenters. The summed E-state index contributed by atoms with van der Waals surface area (Å²) < 4.78 is 41.3. The van der Waals surface area contributed by atoms with Crippen molar-refractivity contribution in [3.63, 3.8) is 0 Å². The fourth-order valence-corrected chi connectivity index (χ4v) is 2.97. The molecule has 0 saturated carbocycles. The number of hydrogen-bond donors (Lipinski definition) is 2. The zero-order valence-electron chi connectivity index (χ0n) is 12.2. The van der Waals surface area contributed by atoms with Crippen molar-refractivity contribution in [1.82, 2.24) is 9.03 Å². The van der Waals surface area contributed by atoms with Crippen molar-refractivity contribution in [3.8, 4) is 11.8 Å². The van der Waals surface area contributed by atoms with E-state index in [4.69, 9.17) is 5.73 Å². The minimum atomic E-state index is -3.61. The number of hydrogen-bond acceptors (Lipinski definition) is 3. The third kappa shape index (κ3) is 5.10. The summed E-state index contributed by atoms with van der Waals surface area (Å²) in [5, 5.41) is 0. The molecule has 0 unspecified atom stereocenters. The highest BCUT2D eigenvalue weighted by Crippen LogP contribution is 2.11. The highest BCUT2D eigenvalue weighted by Gasteiger charge is 2.18. The number of benzene rings is 1. The zero-order valence-corrected chi connectivity index (χ0v) is 13.0. The molecule has 0 aliphatic rings. The zero-order chi connectivity index (χ0) is 15.9. The lowest BCUT2D eigenvalue weighted by atomic mass is 10.1. The second kappa shape index (κ2) is 8.10. The lowest BCUT2D eigenvalue weighted by molar-refractivity contribution is 0.434. The van der Waals surface area contributed by atoms with Crippen LogP contribution in [0.1, 0.15) is 25.0 Å². The molecule has 5 nitrogen and oxygen atoms in total. The molecule has 0 radical (unpaired) electrons. The Morgan fingerprint density at radius 1 is 1.33 bits per heavy atom. The summed E-state index contributed by atoms with van der Waals surface area (Å²) in [4.78, 5) is 0. The van der Waals surface area contributed by atoms with Crippen LogP contribution in [0.15, 0.2) is 18.2 Å². The summed E-state index contributed by atoms with van der Waals surface area (Å²) in [6, 6.07) is 4.31. The number of halogens is 1. The van der Waals surface area contributed by atoms with Gasteiger partial charge in [-0.05, 0) is 18.2 Å². The number of nitrogens with zero attached hydrogens (tertiary/aromatic N) is 1. The molecule has 7 heteroatoms. The van der Waals surface area contributed by atoms with Crippen molar-refractivity contribution in [1.29, 1.82) is 0 Å². The van der Waals surface area contributed by atoms with Gasteiger partial charge in [-0.2, -0.15) is 17.4 Å². The fraction of sp³-hybridized carbons (Fsp3) is 0.429. The Morgan fingerprint density at radius 2 is 2.00 bits per heavy atom. The minimum absolute atomic E-state index is 0.122. The van der Waals surface area contributed by atoms with Crippen molar-refractivity contribution in [2.24, 2.45) is 5.73 Å². The predicted octanol–water partition coefficient (Wildman–Crippen LogP) is 0.812. The first kappa shape index (κ1) is 17.6. The summed E-state index contributed by atoms with van der Waals surface area (Å²) in [5.74, 6) is 4.98. The van der Waals surface area contributed by atoms with Crippen LogP contribution in [0.25, 0.3) is 0 Å². The maximum absolute atomic E-state index is 13.7. The molecule has 0 heterocycles. The van der Waals surface area contributed by atoms with E-state index in [0.717, 1.165) is 0 Å². The van der Waals surface area contributed by atoms with E-state index in [1.54, 1.807) is 13.8 Å². The van der Waals surface area contributed by atoms with Gasteiger partial charge in [0.15, 0.2) is 0 Å². The molecule has 0 aliphatic carbocycles. The van der Waals surface area contributed by atoms with Crippen LogP contribution in [0.2, 0.25) is 0 Å². The van der Waals surface area contributed by atoms with Gasteiger partial charge in [-0.15, -0.1) is 0 Å². The predicted molar refractivity (Wildman–Crippen MR) is 81.0 cm³/mol. The molecule has 0 spiro atoms. The van der Waals surface area contributed by atoms with Crippen LogP contribution in [-0.2, 0) is 16.8 Å². The smallest absolute Gasteiger partial charge is 0.279 e. The van der Waals surface area contributed by atoms with Crippen molar-refractivity contribution < 1.29 is 12.8 Å². The molecule has 21 heavy (non-hydrogen) atoms. The Balaban J connectivity index is 2.88. The Kier molecular flexibility index (Phi) is 6.78. The van der Waals surface area contributed by atoms with E-state index < -0.39 is 16.0 Å². The third-order valence-corrected chi connectivity index (χ3v) is 4.58. The maximum atomic E-state index is 13.7. The first-order valence-electron chi connectivity index (χ1n) is 6.66. The Bertz CT molecular complexity index is 631. The highest BCUT2D eigenvalue weighted by atomic mass is 32.2. The minimum Gasteiger partial charge on any atom is -0.320 e. The van der Waals surface area contributed by atoms with Crippen LogP contribution < -0.4 is 10.5 Å². The normalized spacial score (nSPS) is 11.3. The van der Waals surface area contributed by atoms with Gasteiger partial charge in [-0.3, -0.25) is 0 Å². The Morgan fingerprint density at radius 3 is 2.57 bits per heavy atom. The molecule has 0 bridgehead atoms. The van der Waals surface area contributed by atoms with E-state index in [2.05, 4.69) is 16.6 Å². The van der Waals surface area contributed by atoms with Gasteiger partial charge in [0, 0.05) is 30.8 Å². The molecular weight excluding hydrogens is 293 g/mol. The first-order chi connectivity index (χ1) is 9.94. The maximum Gasteiger partial charge on any atom is 0.279 e. The summed E-state index contributed by atoms with van der Waals surface area (Å²) in [7, 11) is -3.61. The van der Waals surface area contributed by atoms with Crippen molar-refractivity contribution in [2.45, 2.75) is 20.4 Å². The van der Waals surface area contributed by atoms with Crippen molar-refractivity contribution >= 4 is 10.2 Å². The van der Waals surface area contributed by atoms with Gasteiger partial charge in [0.05, 0.1) is 6.54 Å². The van der Waals surface area contributed by atoms with Crippen molar-refractivity contribution in [3.05, 3.63) is 35.1 Å². The van der Waals surface area contributed by atoms with Crippen LogP contribution in [0.4, 0.5) is 4.39 Å². The van der Waals surface area contributed by atoms with Crippen LogP contribution in [-0.4, -0.2) is 32.4 Å². The van der Waals surface area contributed by atoms with Gasteiger partial charge in [-0.1, -0.05) is 25.7 Å². The second-order valence-electron chi connectivity index (χ2n) is 4.22. The monoisotopic (exact) mass is 313 g/mol. The Hall–Kier alpha value is -1.46. The number of rotatable bonds is 6. The molecule has 0 saturated heterocycles. The van der Waals surface area contributed by atoms with Gasteiger partial charge in [0.25, 0.3) is 10.2 Å². The van der Waals surface area contributed by atoms with Gasteiger partial charge in [0.1, 0.15) is 5.82 Å². The molecule has 1 aromatic rings.